The van der Waals surface area contributed by atoms with E-state index in [9.17, 15) is 28.8 Å². The Kier molecular flexibility index (Phi) is 11.3. The number of carbonyl (C=O) groups is 6. The van der Waals surface area contributed by atoms with Crippen molar-refractivity contribution in [1.82, 2.24) is 25.9 Å². The molecule has 1 aromatic rings. The summed E-state index contributed by atoms with van der Waals surface area (Å²) >= 11 is 0. The molecule has 0 spiro atoms. The highest BCUT2D eigenvalue weighted by Gasteiger charge is 2.32. The first-order valence-electron chi connectivity index (χ1n) is 10.7. The fraction of sp³-hybridized carbons (Fsp3) is 0.550. The number of nitrogens with two attached hydrogens (primary N) is 2. The number of aliphatic carboxylic acids is 2. The number of nitrogens with one attached hydrogen (secondary N) is 4. The summed E-state index contributed by atoms with van der Waals surface area (Å²) in [4.78, 5) is 78.2. The molecule has 15 heteroatoms. The van der Waals surface area contributed by atoms with Gasteiger partial charge in [0.05, 0.1) is 25.2 Å². The van der Waals surface area contributed by atoms with E-state index in [-0.39, 0.29) is 18.8 Å². The molecule has 4 unspecified atom stereocenters. The highest BCUT2D eigenvalue weighted by atomic mass is 16.4. The number of nitrogens with zero attached hydrogens (tertiary/aromatic N) is 1. The lowest BCUT2D eigenvalue weighted by Crippen LogP contribution is -2.58. The molecule has 0 aliphatic carbocycles. The van der Waals surface area contributed by atoms with Crippen LogP contribution in [0.15, 0.2) is 12.5 Å². The van der Waals surface area contributed by atoms with E-state index in [1.54, 1.807) is 13.8 Å². The van der Waals surface area contributed by atoms with E-state index >= 15 is 0 Å². The van der Waals surface area contributed by atoms with Crippen molar-refractivity contribution in [3.8, 4) is 0 Å². The van der Waals surface area contributed by atoms with Crippen LogP contribution in [0.1, 0.15) is 38.8 Å². The van der Waals surface area contributed by atoms with Gasteiger partial charge in [0.1, 0.15) is 18.1 Å². The lowest BCUT2D eigenvalue weighted by molar-refractivity contribution is -0.144. The van der Waals surface area contributed by atoms with Crippen LogP contribution >= 0.6 is 0 Å². The van der Waals surface area contributed by atoms with Crippen molar-refractivity contribution >= 4 is 35.6 Å². The highest BCUT2D eigenvalue weighted by molar-refractivity contribution is 5.96. The van der Waals surface area contributed by atoms with Crippen molar-refractivity contribution in [3.63, 3.8) is 0 Å². The lowest BCUT2D eigenvalue weighted by atomic mass is 10.0. The van der Waals surface area contributed by atoms with Crippen LogP contribution in [0.4, 0.5) is 0 Å². The average molecular weight is 498 g/mol. The maximum atomic E-state index is 12.9. The number of hydrogen-bond donors (Lipinski definition) is 8. The molecule has 1 heterocycles. The summed E-state index contributed by atoms with van der Waals surface area (Å²) in [6.07, 6.45) is 1.53. The number of carbonyl (C=O) groups excluding carboxylic acids is 4. The number of rotatable bonds is 15. The van der Waals surface area contributed by atoms with Crippen LogP contribution in [0.2, 0.25) is 0 Å². The van der Waals surface area contributed by atoms with Crippen LogP contribution in [0, 0.1) is 5.92 Å². The number of aromatic nitrogens is 2. The van der Waals surface area contributed by atoms with Crippen molar-refractivity contribution in [1.29, 1.82) is 0 Å². The van der Waals surface area contributed by atoms with Gasteiger partial charge in [0.15, 0.2) is 0 Å². The second-order valence-electron chi connectivity index (χ2n) is 8.31. The molecule has 35 heavy (non-hydrogen) atoms. The van der Waals surface area contributed by atoms with E-state index in [0.29, 0.717) is 5.69 Å². The van der Waals surface area contributed by atoms with Gasteiger partial charge in [0.2, 0.25) is 23.6 Å². The standard InChI is InChI=1S/C20H31N7O8/c1-9(2)3-12(25-17(31)11(21)4-10-7-23-8-24-10)18(32)26-13(6-16(29)30)19(33)27-14(20(34)35)5-15(22)28/h7-9,11-14H,3-6,21H2,1-2H3,(H2,22,28)(H,23,24)(H,25,31)(H,26,32)(H,27,33)(H,29,30)(H,34,35). The van der Waals surface area contributed by atoms with E-state index in [1.807, 2.05) is 5.32 Å². The molecule has 1 aromatic heterocycles. The predicted octanol–water partition coefficient (Wildman–Crippen LogP) is -2.79. The Morgan fingerprint density at radius 1 is 0.943 bits per heavy atom. The van der Waals surface area contributed by atoms with Gasteiger partial charge >= 0.3 is 11.9 Å². The third-order valence-corrected chi connectivity index (χ3v) is 4.70. The van der Waals surface area contributed by atoms with Crippen molar-refractivity contribution < 1.29 is 39.0 Å². The summed E-state index contributed by atoms with van der Waals surface area (Å²) in [5.74, 6) is -6.82. The first-order valence-corrected chi connectivity index (χ1v) is 10.7. The molecule has 0 aromatic carbocycles. The zero-order valence-electron chi connectivity index (χ0n) is 19.3. The minimum Gasteiger partial charge on any atom is -0.481 e. The van der Waals surface area contributed by atoms with Gasteiger partial charge in [-0.3, -0.25) is 24.0 Å². The third kappa shape index (κ3) is 10.6. The maximum absolute atomic E-state index is 12.9. The van der Waals surface area contributed by atoms with Gasteiger partial charge in [-0.05, 0) is 12.3 Å². The van der Waals surface area contributed by atoms with Crippen molar-refractivity contribution in [2.24, 2.45) is 17.4 Å². The summed E-state index contributed by atoms with van der Waals surface area (Å²) in [6, 6.07) is -5.61. The van der Waals surface area contributed by atoms with Gasteiger partial charge in [-0.25, -0.2) is 9.78 Å². The molecule has 4 atom stereocenters. The normalized spacial score (nSPS) is 14.3. The van der Waals surface area contributed by atoms with Gasteiger partial charge in [-0.15, -0.1) is 0 Å². The molecule has 10 N–H and O–H groups in total. The number of carboxylic acids is 2. The number of aromatic amines is 1. The first kappa shape index (κ1) is 29.0. The molecule has 4 amide bonds. The quantitative estimate of drug-likeness (QED) is 0.123. The van der Waals surface area contributed by atoms with E-state index < -0.39 is 72.6 Å². The maximum Gasteiger partial charge on any atom is 0.326 e. The number of amides is 4. The van der Waals surface area contributed by atoms with Gasteiger partial charge in [0.25, 0.3) is 0 Å². The van der Waals surface area contributed by atoms with E-state index in [0.717, 1.165) is 0 Å². The largest absolute Gasteiger partial charge is 0.481 e. The van der Waals surface area contributed by atoms with Crippen LogP contribution in [0.3, 0.4) is 0 Å². The molecular weight excluding hydrogens is 466 g/mol. The molecule has 0 saturated carbocycles. The molecule has 0 fully saturated rings. The lowest BCUT2D eigenvalue weighted by Gasteiger charge is -2.25. The topological polar surface area (TPSA) is 260 Å². The van der Waals surface area contributed by atoms with Gasteiger partial charge in [-0.2, -0.15) is 0 Å². The van der Waals surface area contributed by atoms with Gasteiger partial charge in [-0.1, -0.05) is 13.8 Å². The van der Waals surface area contributed by atoms with Crippen LogP contribution < -0.4 is 27.4 Å². The minimum atomic E-state index is -1.72. The Morgan fingerprint density at radius 3 is 2.00 bits per heavy atom. The molecule has 0 bridgehead atoms. The van der Waals surface area contributed by atoms with Gasteiger partial charge in [0, 0.05) is 18.3 Å². The molecule has 0 aliphatic rings. The average Bonchev–Trinajstić information content (AvgIpc) is 3.23. The van der Waals surface area contributed by atoms with Crippen molar-refractivity contribution in [2.75, 3.05) is 0 Å². The van der Waals surface area contributed by atoms with Crippen molar-refractivity contribution in [3.05, 3.63) is 18.2 Å². The van der Waals surface area contributed by atoms with Crippen LogP contribution in [-0.2, 0) is 35.2 Å². The van der Waals surface area contributed by atoms with Crippen LogP contribution in [0.5, 0.6) is 0 Å². The van der Waals surface area contributed by atoms with E-state index in [4.69, 9.17) is 21.7 Å². The number of H-pyrrole nitrogens is 1. The predicted molar refractivity (Wildman–Crippen MR) is 119 cm³/mol. The summed E-state index contributed by atoms with van der Waals surface area (Å²) in [5, 5.41) is 25.0. The second-order valence-corrected chi connectivity index (χ2v) is 8.31. The smallest absolute Gasteiger partial charge is 0.326 e. The van der Waals surface area contributed by atoms with E-state index in [1.165, 1.54) is 12.5 Å². The second kappa shape index (κ2) is 13.6. The summed E-state index contributed by atoms with van der Waals surface area (Å²) in [6.45, 7) is 3.55. The number of carboxylic acid groups (broad SMARTS) is 2. The fourth-order valence-electron chi connectivity index (χ4n) is 3.04. The molecular formula is C20H31N7O8. The van der Waals surface area contributed by atoms with E-state index in [2.05, 4.69) is 20.6 Å². The highest BCUT2D eigenvalue weighted by Crippen LogP contribution is 2.08. The van der Waals surface area contributed by atoms with Crippen LogP contribution in [0.25, 0.3) is 0 Å². The summed E-state index contributed by atoms with van der Waals surface area (Å²) < 4.78 is 0. The number of imidazole rings is 1. The van der Waals surface area contributed by atoms with Crippen LogP contribution in [-0.4, -0.2) is 79.9 Å². The Bertz CT molecular complexity index is 919. The molecule has 15 nitrogen and oxygen atoms in total. The van der Waals surface area contributed by atoms with Crippen molar-refractivity contribution in [2.45, 2.75) is 63.7 Å². The molecule has 0 saturated heterocycles. The monoisotopic (exact) mass is 497 g/mol. The zero-order valence-corrected chi connectivity index (χ0v) is 19.3. The van der Waals surface area contributed by atoms with Gasteiger partial charge < -0.3 is 42.6 Å². The molecule has 194 valence electrons. The molecule has 0 aliphatic heterocycles. The summed E-state index contributed by atoms with van der Waals surface area (Å²) in [7, 11) is 0. The Balaban J connectivity index is 2.96. The SMILES string of the molecule is CC(C)CC(NC(=O)C(N)Cc1cnc[nH]1)C(=O)NC(CC(=O)O)C(=O)NC(CC(N)=O)C(=O)O. The first-order chi connectivity index (χ1) is 16.3. The Hall–Kier alpha value is -4.01. The Labute approximate surface area is 200 Å². The number of hydrogen-bond acceptors (Lipinski definition) is 8. The molecule has 0 radical (unpaired) electrons. The third-order valence-electron chi connectivity index (χ3n) is 4.70. The summed E-state index contributed by atoms with van der Waals surface area (Å²) in [5.41, 5.74) is 11.5. The minimum absolute atomic E-state index is 0.0893. The molecule has 1 rings (SSSR count). The Morgan fingerprint density at radius 2 is 1.51 bits per heavy atom. The fourth-order valence-corrected chi connectivity index (χ4v) is 3.04. The number of primary amides is 1. The zero-order chi connectivity index (χ0) is 26.7.